The fourth-order valence-electron chi connectivity index (χ4n) is 4.68. The van der Waals surface area contributed by atoms with Crippen LogP contribution in [-0.2, 0) is 0 Å². The number of fused-ring (bicyclic) bond motifs is 2. The molecular formula is C23H26N2O. The molecular weight excluding hydrogens is 320 g/mol. The molecule has 2 aliphatic rings. The molecule has 0 bridgehead atoms. The van der Waals surface area contributed by atoms with Gasteiger partial charge in [0.15, 0.2) is 0 Å². The number of likely N-dealkylation sites (N-methyl/N-ethyl adjacent to an activating group) is 1. The molecule has 26 heavy (non-hydrogen) atoms. The fourth-order valence-corrected chi connectivity index (χ4v) is 4.68. The van der Waals surface area contributed by atoms with E-state index in [0.717, 1.165) is 12.1 Å². The van der Waals surface area contributed by atoms with E-state index in [2.05, 4.69) is 66.2 Å². The maximum absolute atomic E-state index is 5.52. The van der Waals surface area contributed by atoms with E-state index in [0.29, 0.717) is 12.0 Å². The molecule has 3 aromatic rings. The molecule has 1 fully saturated rings. The molecule has 2 aromatic carbocycles. The maximum Gasteiger partial charge on any atom is 0.133 e. The highest BCUT2D eigenvalue weighted by molar-refractivity contribution is 5.78. The summed E-state index contributed by atoms with van der Waals surface area (Å²) in [5.41, 5.74) is 6.72. The van der Waals surface area contributed by atoms with Gasteiger partial charge in [-0.2, -0.15) is 0 Å². The van der Waals surface area contributed by atoms with Crippen molar-refractivity contribution < 1.29 is 4.42 Å². The summed E-state index contributed by atoms with van der Waals surface area (Å²) < 4.78 is 5.52. The Kier molecular flexibility index (Phi) is 3.79. The van der Waals surface area contributed by atoms with Crippen molar-refractivity contribution in [2.45, 2.75) is 31.7 Å². The minimum absolute atomic E-state index is 0.415. The van der Waals surface area contributed by atoms with E-state index in [-0.39, 0.29) is 0 Å². The molecule has 0 saturated carbocycles. The molecule has 1 aromatic heterocycles. The van der Waals surface area contributed by atoms with E-state index in [9.17, 15) is 0 Å². The van der Waals surface area contributed by atoms with Gasteiger partial charge < -0.3 is 9.32 Å². The summed E-state index contributed by atoms with van der Waals surface area (Å²) in [5, 5.41) is 1.19. The molecule has 1 saturated heterocycles. The van der Waals surface area contributed by atoms with Gasteiger partial charge in [0, 0.05) is 42.7 Å². The molecule has 0 N–H and O–H groups in total. The molecule has 2 atom stereocenters. The summed E-state index contributed by atoms with van der Waals surface area (Å²) in [4.78, 5) is 5.02. The predicted molar refractivity (Wildman–Crippen MR) is 107 cm³/mol. The van der Waals surface area contributed by atoms with Gasteiger partial charge in [-0.05, 0) is 73.8 Å². The Morgan fingerprint density at radius 1 is 0.962 bits per heavy atom. The third-order valence-electron chi connectivity index (χ3n) is 6.38. The molecule has 0 amide bonds. The minimum Gasteiger partial charge on any atom is -0.464 e. The van der Waals surface area contributed by atoms with Crippen molar-refractivity contribution in [1.82, 2.24) is 4.90 Å². The highest BCUT2D eigenvalue weighted by Crippen LogP contribution is 2.41. The first-order chi connectivity index (χ1) is 12.7. The predicted octanol–water partition coefficient (Wildman–Crippen LogP) is 5.17. The zero-order chi connectivity index (χ0) is 17.7. The number of nitrogens with zero attached hydrogens (tertiary/aromatic N) is 2. The van der Waals surface area contributed by atoms with Gasteiger partial charge in [0.1, 0.15) is 5.58 Å². The lowest BCUT2D eigenvalue weighted by Gasteiger charge is -2.38. The lowest BCUT2D eigenvalue weighted by molar-refractivity contribution is 0.234. The smallest absolute Gasteiger partial charge is 0.133 e. The normalized spacial score (nSPS) is 23.5. The van der Waals surface area contributed by atoms with E-state index >= 15 is 0 Å². The van der Waals surface area contributed by atoms with Gasteiger partial charge in [-0.15, -0.1) is 0 Å². The largest absolute Gasteiger partial charge is 0.464 e. The molecule has 0 spiro atoms. The van der Waals surface area contributed by atoms with E-state index in [1.165, 1.54) is 53.7 Å². The van der Waals surface area contributed by atoms with Crippen LogP contribution in [0, 0.1) is 0 Å². The average Bonchev–Trinajstić information content (AvgIpc) is 3.35. The van der Waals surface area contributed by atoms with Gasteiger partial charge >= 0.3 is 0 Å². The van der Waals surface area contributed by atoms with Crippen LogP contribution in [0.5, 0.6) is 0 Å². The van der Waals surface area contributed by atoms with E-state index in [4.69, 9.17) is 4.42 Å². The topological polar surface area (TPSA) is 19.6 Å². The number of furan rings is 1. The Bertz CT molecular complexity index is 938. The van der Waals surface area contributed by atoms with Crippen molar-refractivity contribution in [2.24, 2.45) is 0 Å². The van der Waals surface area contributed by atoms with Gasteiger partial charge in [-0.25, -0.2) is 0 Å². The standard InChI is InChI=1S/C23H26N2O/c1-16-21-14-19(25-10-3-4-11-25)6-7-20(21)22(15-24(16)2)17-5-8-23-18(13-17)9-12-26-23/h5-9,12-14,16,22H,3-4,10-11,15H2,1-2H3. The van der Waals surface area contributed by atoms with E-state index in [1.54, 1.807) is 6.26 Å². The third kappa shape index (κ3) is 2.53. The first kappa shape index (κ1) is 16.0. The first-order valence-corrected chi connectivity index (χ1v) is 9.77. The highest BCUT2D eigenvalue weighted by atomic mass is 16.3. The number of hydrogen-bond donors (Lipinski definition) is 0. The summed E-state index contributed by atoms with van der Waals surface area (Å²) >= 11 is 0. The van der Waals surface area contributed by atoms with Gasteiger partial charge in [0.25, 0.3) is 0 Å². The second-order valence-electron chi connectivity index (χ2n) is 7.89. The zero-order valence-electron chi connectivity index (χ0n) is 15.6. The first-order valence-electron chi connectivity index (χ1n) is 9.77. The van der Waals surface area contributed by atoms with Gasteiger partial charge in [0.2, 0.25) is 0 Å². The van der Waals surface area contributed by atoms with Crippen LogP contribution in [0.4, 0.5) is 5.69 Å². The average molecular weight is 346 g/mol. The van der Waals surface area contributed by atoms with Gasteiger partial charge in [-0.3, -0.25) is 4.90 Å². The molecule has 3 heteroatoms. The lowest BCUT2D eigenvalue weighted by atomic mass is 9.81. The second-order valence-corrected chi connectivity index (χ2v) is 7.89. The number of hydrogen-bond acceptors (Lipinski definition) is 3. The highest BCUT2D eigenvalue weighted by Gasteiger charge is 2.30. The van der Waals surface area contributed by atoms with Crippen LogP contribution >= 0.6 is 0 Å². The Balaban J connectivity index is 1.58. The Hall–Kier alpha value is -2.26. The summed E-state index contributed by atoms with van der Waals surface area (Å²) in [7, 11) is 2.25. The Labute approximate surface area is 155 Å². The van der Waals surface area contributed by atoms with E-state index in [1.807, 2.05) is 0 Å². The fraction of sp³-hybridized carbons (Fsp3) is 0.391. The van der Waals surface area contributed by atoms with Crippen molar-refractivity contribution >= 4 is 16.7 Å². The van der Waals surface area contributed by atoms with Crippen LogP contribution < -0.4 is 4.90 Å². The minimum atomic E-state index is 0.415. The quantitative estimate of drug-likeness (QED) is 0.638. The van der Waals surface area contributed by atoms with Crippen LogP contribution in [0.15, 0.2) is 53.1 Å². The van der Waals surface area contributed by atoms with Crippen LogP contribution in [0.1, 0.15) is 48.4 Å². The monoisotopic (exact) mass is 346 g/mol. The molecule has 134 valence electrons. The Morgan fingerprint density at radius 2 is 1.81 bits per heavy atom. The molecule has 3 heterocycles. The summed E-state index contributed by atoms with van der Waals surface area (Å²) in [6.07, 6.45) is 4.42. The van der Waals surface area contributed by atoms with Crippen LogP contribution in [0.2, 0.25) is 0 Å². The van der Waals surface area contributed by atoms with Crippen molar-refractivity contribution in [3.05, 3.63) is 65.4 Å². The van der Waals surface area contributed by atoms with Crippen molar-refractivity contribution in [3.8, 4) is 0 Å². The maximum atomic E-state index is 5.52. The van der Waals surface area contributed by atoms with Crippen molar-refractivity contribution in [1.29, 1.82) is 0 Å². The van der Waals surface area contributed by atoms with Gasteiger partial charge in [0.05, 0.1) is 6.26 Å². The van der Waals surface area contributed by atoms with Crippen LogP contribution in [0.25, 0.3) is 11.0 Å². The Morgan fingerprint density at radius 3 is 2.65 bits per heavy atom. The SMILES string of the molecule is CC1c2cc(N3CCCC3)ccc2C(c2ccc3occc3c2)CN1C. The molecule has 2 aliphatic heterocycles. The molecule has 3 nitrogen and oxygen atoms in total. The van der Waals surface area contributed by atoms with Crippen LogP contribution in [-0.4, -0.2) is 31.6 Å². The molecule has 0 radical (unpaired) electrons. The van der Waals surface area contributed by atoms with Gasteiger partial charge in [-0.1, -0.05) is 12.1 Å². The van der Waals surface area contributed by atoms with E-state index < -0.39 is 0 Å². The number of rotatable bonds is 2. The lowest BCUT2D eigenvalue weighted by Crippen LogP contribution is -2.34. The zero-order valence-corrected chi connectivity index (χ0v) is 15.6. The van der Waals surface area contributed by atoms with Crippen molar-refractivity contribution in [3.63, 3.8) is 0 Å². The molecule has 2 unspecified atom stereocenters. The third-order valence-corrected chi connectivity index (χ3v) is 6.38. The number of anilines is 1. The molecule has 5 rings (SSSR count). The summed E-state index contributed by atoms with van der Waals surface area (Å²) in [6, 6.07) is 16.3. The van der Waals surface area contributed by atoms with Crippen LogP contribution in [0.3, 0.4) is 0 Å². The molecule has 0 aliphatic carbocycles. The second kappa shape index (κ2) is 6.17. The summed E-state index contributed by atoms with van der Waals surface area (Å²) in [6.45, 7) is 5.79. The summed E-state index contributed by atoms with van der Waals surface area (Å²) in [5.74, 6) is 0.415. The number of benzene rings is 2. The van der Waals surface area contributed by atoms with Crippen molar-refractivity contribution in [2.75, 3.05) is 31.6 Å².